The number of carbonyl (C=O) groups is 1. The van der Waals surface area contributed by atoms with Crippen molar-refractivity contribution in [1.29, 1.82) is 0 Å². The summed E-state index contributed by atoms with van der Waals surface area (Å²) in [6.45, 7) is 3.53. The van der Waals surface area contributed by atoms with Crippen LogP contribution in [0.15, 0.2) is 12.1 Å². The molecule has 0 unspecified atom stereocenters. The molecule has 0 aliphatic rings. The van der Waals surface area contributed by atoms with Crippen LogP contribution in [0.5, 0.6) is 5.75 Å². The third kappa shape index (κ3) is 1.61. The highest BCUT2D eigenvalue weighted by molar-refractivity contribution is 5.96. The fourth-order valence-corrected chi connectivity index (χ4v) is 0.922. The van der Waals surface area contributed by atoms with Crippen LogP contribution in [0.25, 0.3) is 0 Å². The molecule has 12 heavy (non-hydrogen) atoms. The molecular formula is C9H11NO2. The van der Waals surface area contributed by atoms with Crippen molar-refractivity contribution in [3.8, 4) is 5.75 Å². The molecule has 1 aromatic rings. The zero-order chi connectivity index (χ0) is 9.14. The van der Waals surface area contributed by atoms with Gasteiger partial charge in [0.1, 0.15) is 11.4 Å². The molecule has 0 spiro atoms. The Morgan fingerprint density at radius 1 is 1.58 bits per heavy atom. The number of aromatic hydroxyl groups is 1. The highest BCUT2D eigenvalue weighted by Crippen LogP contribution is 2.15. The lowest BCUT2D eigenvalue weighted by atomic mass is 10.2. The molecule has 1 rings (SSSR count). The molecule has 1 N–H and O–H groups in total. The minimum absolute atomic E-state index is 0.0348. The molecule has 0 amide bonds. The molecule has 0 aliphatic carbocycles. The normalized spacial score (nSPS) is 9.83. The third-order valence-corrected chi connectivity index (χ3v) is 1.60. The van der Waals surface area contributed by atoms with Gasteiger partial charge in [-0.15, -0.1) is 0 Å². The lowest BCUT2D eigenvalue weighted by Gasteiger charge is -2.01. The molecule has 3 nitrogen and oxygen atoms in total. The predicted octanol–water partition coefficient (Wildman–Crippen LogP) is 1.69. The van der Waals surface area contributed by atoms with Crippen LogP contribution >= 0.6 is 0 Å². The molecule has 0 saturated heterocycles. The number of carbonyl (C=O) groups excluding carboxylic acids is 1. The van der Waals surface area contributed by atoms with Crippen LogP contribution in [0.3, 0.4) is 0 Å². The second kappa shape index (κ2) is 3.34. The van der Waals surface area contributed by atoms with Gasteiger partial charge in [0, 0.05) is 12.1 Å². The fraction of sp³-hybridized carbons (Fsp3) is 0.333. The van der Waals surface area contributed by atoms with E-state index in [1.165, 1.54) is 6.07 Å². The lowest BCUT2D eigenvalue weighted by Crippen LogP contribution is -2.01. The first-order valence-corrected chi connectivity index (χ1v) is 3.85. The van der Waals surface area contributed by atoms with Gasteiger partial charge >= 0.3 is 0 Å². The fourth-order valence-electron chi connectivity index (χ4n) is 0.922. The van der Waals surface area contributed by atoms with E-state index < -0.39 is 0 Å². The Balaban J connectivity index is 3.13. The summed E-state index contributed by atoms with van der Waals surface area (Å²) < 4.78 is 0. The third-order valence-electron chi connectivity index (χ3n) is 1.60. The molecule has 0 aliphatic heterocycles. The van der Waals surface area contributed by atoms with Crippen molar-refractivity contribution in [1.82, 2.24) is 4.98 Å². The zero-order valence-electron chi connectivity index (χ0n) is 7.16. The van der Waals surface area contributed by atoms with Crippen LogP contribution in [-0.2, 0) is 0 Å². The number of aromatic nitrogens is 1. The predicted molar refractivity (Wildman–Crippen MR) is 45.3 cm³/mol. The molecule has 1 aromatic heterocycles. The summed E-state index contributed by atoms with van der Waals surface area (Å²) in [5, 5.41) is 9.25. The van der Waals surface area contributed by atoms with Gasteiger partial charge < -0.3 is 5.11 Å². The number of Topliss-reactive ketones (excluding diaryl/α,β-unsaturated/α-hetero) is 1. The van der Waals surface area contributed by atoms with Crippen LogP contribution < -0.4 is 0 Å². The van der Waals surface area contributed by atoms with Crippen molar-refractivity contribution in [2.75, 3.05) is 0 Å². The summed E-state index contributed by atoms with van der Waals surface area (Å²) >= 11 is 0. The van der Waals surface area contributed by atoms with Crippen LogP contribution in [0.1, 0.15) is 29.5 Å². The second-order valence-corrected chi connectivity index (χ2v) is 2.60. The van der Waals surface area contributed by atoms with E-state index in [2.05, 4.69) is 4.98 Å². The highest BCUT2D eigenvalue weighted by atomic mass is 16.3. The molecular weight excluding hydrogens is 154 g/mol. The summed E-state index contributed by atoms with van der Waals surface area (Å²) in [7, 11) is 0. The topological polar surface area (TPSA) is 50.2 Å². The van der Waals surface area contributed by atoms with E-state index in [-0.39, 0.29) is 17.2 Å². The summed E-state index contributed by atoms with van der Waals surface area (Å²) in [5.41, 5.74) is 0.919. The van der Waals surface area contributed by atoms with E-state index in [0.29, 0.717) is 6.42 Å². The number of ketones is 1. The van der Waals surface area contributed by atoms with E-state index in [1.54, 1.807) is 19.9 Å². The molecule has 0 fully saturated rings. The van der Waals surface area contributed by atoms with Crippen LogP contribution in [0.2, 0.25) is 0 Å². The summed E-state index contributed by atoms with van der Waals surface area (Å²) in [4.78, 5) is 15.1. The standard InChI is InChI=1S/C9H11NO2/c1-3-7(11)9-8(12)5-4-6(2)10-9/h4-5,12H,3H2,1-2H3. The maximum absolute atomic E-state index is 11.2. The Labute approximate surface area is 71.1 Å². The summed E-state index contributed by atoms with van der Waals surface area (Å²) in [6, 6.07) is 3.16. The monoisotopic (exact) mass is 165 g/mol. The van der Waals surface area contributed by atoms with Crippen molar-refractivity contribution in [3.05, 3.63) is 23.5 Å². The van der Waals surface area contributed by atoms with E-state index in [9.17, 15) is 9.90 Å². The Morgan fingerprint density at radius 2 is 2.25 bits per heavy atom. The van der Waals surface area contributed by atoms with Crippen LogP contribution in [0.4, 0.5) is 0 Å². The van der Waals surface area contributed by atoms with Gasteiger partial charge in [-0.05, 0) is 19.1 Å². The van der Waals surface area contributed by atoms with Crippen LogP contribution in [0, 0.1) is 6.92 Å². The van der Waals surface area contributed by atoms with Crippen LogP contribution in [-0.4, -0.2) is 15.9 Å². The number of hydrogen-bond acceptors (Lipinski definition) is 3. The Morgan fingerprint density at radius 3 is 2.83 bits per heavy atom. The van der Waals surface area contributed by atoms with Gasteiger partial charge in [0.25, 0.3) is 0 Å². The molecule has 0 radical (unpaired) electrons. The summed E-state index contributed by atoms with van der Waals surface area (Å²) in [5.74, 6) is -0.163. The lowest BCUT2D eigenvalue weighted by molar-refractivity contribution is 0.0980. The number of pyridine rings is 1. The van der Waals surface area contributed by atoms with Crippen molar-refractivity contribution >= 4 is 5.78 Å². The van der Waals surface area contributed by atoms with Crippen molar-refractivity contribution < 1.29 is 9.90 Å². The molecule has 0 aromatic carbocycles. The smallest absolute Gasteiger partial charge is 0.184 e. The molecule has 1 heterocycles. The Kier molecular flexibility index (Phi) is 2.43. The highest BCUT2D eigenvalue weighted by Gasteiger charge is 2.09. The number of hydrogen-bond donors (Lipinski definition) is 1. The van der Waals surface area contributed by atoms with Gasteiger partial charge in [-0.1, -0.05) is 6.92 Å². The van der Waals surface area contributed by atoms with E-state index in [4.69, 9.17) is 0 Å². The van der Waals surface area contributed by atoms with E-state index >= 15 is 0 Å². The van der Waals surface area contributed by atoms with Gasteiger partial charge in [0.15, 0.2) is 5.78 Å². The molecule has 0 atom stereocenters. The first-order chi connectivity index (χ1) is 5.65. The molecule has 0 bridgehead atoms. The zero-order valence-corrected chi connectivity index (χ0v) is 7.16. The first kappa shape index (κ1) is 8.71. The van der Waals surface area contributed by atoms with Crippen molar-refractivity contribution in [2.24, 2.45) is 0 Å². The van der Waals surface area contributed by atoms with E-state index in [1.807, 2.05) is 0 Å². The molecule has 0 saturated carbocycles. The van der Waals surface area contributed by atoms with Crippen molar-refractivity contribution in [2.45, 2.75) is 20.3 Å². The Bertz CT molecular complexity index is 307. The summed E-state index contributed by atoms with van der Waals surface area (Å²) in [6.07, 6.45) is 0.365. The number of aryl methyl sites for hydroxylation is 1. The van der Waals surface area contributed by atoms with Gasteiger partial charge in [0.2, 0.25) is 0 Å². The minimum atomic E-state index is -0.129. The van der Waals surface area contributed by atoms with Gasteiger partial charge in [-0.2, -0.15) is 0 Å². The minimum Gasteiger partial charge on any atom is -0.506 e. The molecule has 64 valence electrons. The Hall–Kier alpha value is -1.38. The first-order valence-electron chi connectivity index (χ1n) is 3.85. The number of rotatable bonds is 2. The number of nitrogens with zero attached hydrogens (tertiary/aromatic N) is 1. The average Bonchev–Trinajstić information content (AvgIpc) is 2.08. The van der Waals surface area contributed by atoms with Gasteiger partial charge in [0.05, 0.1) is 0 Å². The maximum Gasteiger partial charge on any atom is 0.184 e. The van der Waals surface area contributed by atoms with Gasteiger partial charge in [-0.25, -0.2) is 4.98 Å². The van der Waals surface area contributed by atoms with E-state index in [0.717, 1.165) is 5.69 Å². The van der Waals surface area contributed by atoms with Gasteiger partial charge in [-0.3, -0.25) is 4.79 Å². The molecule has 3 heteroatoms. The maximum atomic E-state index is 11.2. The quantitative estimate of drug-likeness (QED) is 0.678. The SMILES string of the molecule is CCC(=O)c1nc(C)ccc1O. The largest absolute Gasteiger partial charge is 0.506 e. The average molecular weight is 165 g/mol. The second-order valence-electron chi connectivity index (χ2n) is 2.60. The van der Waals surface area contributed by atoms with Crippen molar-refractivity contribution in [3.63, 3.8) is 0 Å².